The van der Waals surface area contributed by atoms with E-state index in [1.165, 1.54) is 11.3 Å². The minimum absolute atomic E-state index is 0.0294. The number of hydrogen-bond donors (Lipinski definition) is 1. The first-order chi connectivity index (χ1) is 14.3. The number of sulfone groups is 1. The van der Waals surface area contributed by atoms with E-state index in [2.05, 4.69) is 5.32 Å². The third-order valence-electron chi connectivity index (χ3n) is 4.52. The van der Waals surface area contributed by atoms with E-state index in [0.717, 1.165) is 15.6 Å². The van der Waals surface area contributed by atoms with Gasteiger partial charge in [0.05, 0.1) is 17.3 Å². The molecule has 158 valence electrons. The molecule has 0 aliphatic heterocycles. The highest BCUT2D eigenvalue weighted by Gasteiger charge is 2.22. The van der Waals surface area contributed by atoms with Crippen molar-refractivity contribution in [2.75, 3.05) is 17.7 Å². The van der Waals surface area contributed by atoms with Gasteiger partial charge in [-0.25, -0.2) is 13.2 Å². The first-order valence-electron chi connectivity index (χ1n) is 9.59. The quantitative estimate of drug-likeness (QED) is 0.513. The summed E-state index contributed by atoms with van der Waals surface area (Å²) >= 11 is 1.29. The van der Waals surface area contributed by atoms with Crippen molar-refractivity contribution in [3.05, 3.63) is 59.7 Å². The van der Waals surface area contributed by atoms with Crippen LogP contribution in [0.3, 0.4) is 0 Å². The van der Waals surface area contributed by atoms with Gasteiger partial charge in [0.15, 0.2) is 9.84 Å². The molecule has 1 N–H and O–H groups in total. The maximum absolute atomic E-state index is 12.4. The van der Waals surface area contributed by atoms with Gasteiger partial charge in [-0.15, -0.1) is 11.3 Å². The van der Waals surface area contributed by atoms with Crippen molar-refractivity contribution in [2.45, 2.75) is 31.6 Å². The average Bonchev–Trinajstić information content (AvgIpc) is 3.06. The van der Waals surface area contributed by atoms with Crippen molar-refractivity contribution in [2.24, 2.45) is 0 Å². The standard InChI is InChI=1S/C22H23NO5S2/c1-3-28-22(25)20-17-7-4-5-8-18(17)29-21(20)23-19(24)9-6-14-30(26,27)16-12-10-15(2)11-13-16/h4-5,7-8,10-13H,3,6,9,14H2,1-2H3,(H,23,24). The first kappa shape index (κ1) is 22.0. The summed E-state index contributed by atoms with van der Waals surface area (Å²) in [6.07, 6.45) is 0.212. The number of benzene rings is 2. The van der Waals surface area contributed by atoms with Gasteiger partial charge >= 0.3 is 5.97 Å². The lowest BCUT2D eigenvalue weighted by Gasteiger charge is -2.07. The molecule has 0 saturated heterocycles. The Kier molecular flexibility index (Phi) is 6.89. The predicted molar refractivity (Wildman–Crippen MR) is 119 cm³/mol. The second-order valence-corrected chi connectivity index (χ2v) is 9.97. The van der Waals surface area contributed by atoms with E-state index < -0.39 is 15.8 Å². The number of hydrogen-bond acceptors (Lipinski definition) is 6. The Morgan fingerprint density at radius 3 is 2.47 bits per heavy atom. The topological polar surface area (TPSA) is 89.5 Å². The molecule has 0 aliphatic rings. The number of carbonyl (C=O) groups excluding carboxylic acids is 2. The molecule has 0 spiro atoms. The monoisotopic (exact) mass is 445 g/mol. The average molecular weight is 446 g/mol. The normalized spacial score (nSPS) is 11.4. The SMILES string of the molecule is CCOC(=O)c1c(NC(=O)CCCS(=O)(=O)c2ccc(C)cc2)sc2ccccc12. The van der Waals surface area contributed by atoms with Crippen LogP contribution in [0, 0.1) is 6.92 Å². The van der Waals surface area contributed by atoms with Gasteiger partial charge in [0, 0.05) is 16.5 Å². The molecular weight excluding hydrogens is 422 g/mol. The molecule has 8 heteroatoms. The van der Waals surface area contributed by atoms with Gasteiger partial charge in [-0.1, -0.05) is 35.9 Å². The minimum atomic E-state index is -3.45. The Morgan fingerprint density at radius 2 is 1.77 bits per heavy atom. The Labute approximate surface area is 179 Å². The molecule has 1 aromatic heterocycles. The predicted octanol–water partition coefficient (Wildman–Crippen LogP) is 4.58. The van der Waals surface area contributed by atoms with Crippen LogP contribution in [0.2, 0.25) is 0 Å². The Morgan fingerprint density at radius 1 is 1.07 bits per heavy atom. The van der Waals surface area contributed by atoms with Crippen LogP contribution in [-0.4, -0.2) is 32.7 Å². The van der Waals surface area contributed by atoms with Crippen LogP contribution in [0.1, 0.15) is 35.7 Å². The number of amides is 1. The van der Waals surface area contributed by atoms with Gasteiger partial charge in [0.1, 0.15) is 10.6 Å². The van der Waals surface area contributed by atoms with E-state index in [1.807, 2.05) is 31.2 Å². The van der Waals surface area contributed by atoms with Crippen molar-refractivity contribution < 1.29 is 22.7 Å². The van der Waals surface area contributed by atoms with Crippen LogP contribution < -0.4 is 5.32 Å². The maximum Gasteiger partial charge on any atom is 0.341 e. The van der Waals surface area contributed by atoms with Gasteiger partial charge in [0.25, 0.3) is 0 Å². The van der Waals surface area contributed by atoms with Crippen molar-refractivity contribution in [1.29, 1.82) is 0 Å². The molecule has 0 aliphatic carbocycles. The molecule has 6 nitrogen and oxygen atoms in total. The van der Waals surface area contributed by atoms with E-state index in [1.54, 1.807) is 31.2 Å². The van der Waals surface area contributed by atoms with Gasteiger partial charge in [-0.3, -0.25) is 4.79 Å². The molecule has 3 rings (SSSR count). The lowest BCUT2D eigenvalue weighted by molar-refractivity contribution is -0.116. The molecule has 30 heavy (non-hydrogen) atoms. The highest BCUT2D eigenvalue weighted by Crippen LogP contribution is 2.36. The summed E-state index contributed by atoms with van der Waals surface area (Å²) < 4.78 is 30.8. The zero-order valence-corrected chi connectivity index (χ0v) is 18.4. The number of fused-ring (bicyclic) bond motifs is 1. The van der Waals surface area contributed by atoms with Gasteiger partial charge in [0.2, 0.25) is 5.91 Å². The molecule has 0 bridgehead atoms. The van der Waals surface area contributed by atoms with Crippen molar-refractivity contribution in [3.8, 4) is 0 Å². The molecule has 0 saturated carbocycles. The van der Waals surface area contributed by atoms with E-state index in [-0.39, 0.29) is 36.0 Å². The maximum atomic E-state index is 12.4. The Balaban J connectivity index is 1.68. The van der Waals surface area contributed by atoms with Gasteiger partial charge < -0.3 is 10.1 Å². The third-order valence-corrected chi connectivity index (χ3v) is 7.43. The van der Waals surface area contributed by atoms with E-state index in [0.29, 0.717) is 10.6 Å². The number of rotatable bonds is 8. The number of thiophene rings is 1. The summed E-state index contributed by atoms with van der Waals surface area (Å²) in [7, 11) is -3.45. The third kappa shape index (κ3) is 5.06. The molecule has 1 heterocycles. The van der Waals surface area contributed by atoms with Crippen molar-refractivity contribution >= 4 is 48.1 Å². The number of nitrogens with one attached hydrogen (secondary N) is 1. The fourth-order valence-corrected chi connectivity index (χ4v) is 5.43. The van der Waals surface area contributed by atoms with Gasteiger partial charge in [-0.2, -0.15) is 0 Å². The highest BCUT2D eigenvalue weighted by molar-refractivity contribution is 7.91. The fourth-order valence-electron chi connectivity index (χ4n) is 3.01. The zero-order valence-electron chi connectivity index (χ0n) is 16.8. The summed E-state index contributed by atoms with van der Waals surface area (Å²) in [4.78, 5) is 25.1. The second-order valence-electron chi connectivity index (χ2n) is 6.81. The molecule has 0 atom stereocenters. The molecule has 1 amide bonds. The summed E-state index contributed by atoms with van der Waals surface area (Å²) in [5.41, 5.74) is 1.31. The van der Waals surface area contributed by atoms with Crippen LogP contribution in [0.4, 0.5) is 5.00 Å². The molecule has 0 fully saturated rings. The summed E-state index contributed by atoms with van der Waals surface area (Å²) in [6, 6.07) is 14.0. The number of anilines is 1. The first-order valence-corrected chi connectivity index (χ1v) is 12.1. The second kappa shape index (κ2) is 9.40. The zero-order chi connectivity index (χ0) is 21.7. The molecule has 0 unspecified atom stereocenters. The highest BCUT2D eigenvalue weighted by atomic mass is 32.2. The lowest BCUT2D eigenvalue weighted by atomic mass is 10.1. The van der Waals surface area contributed by atoms with E-state index in [4.69, 9.17) is 4.74 Å². The van der Waals surface area contributed by atoms with Crippen LogP contribution in [0.5, 0.6) is 0 Å². The van der Waals surface area contributed by atoms with E-state index >= 15 is 0 Å². The smallest absolute Gasteiger partial charge is 0.341 e. The van der Waals surface area contributed by atoms with Crippen LogP contribution in [-0.2, 0) is 19.4 Å². The molecule has 3 aromatic rings. The number of aryl methyl sites for hydroxylation is 1. The summed E-state index contributed by atoms with van der Waals surface area (Å²) in [5, 5.41) is 3.89. The largest absolute Gasteiger partial charge is 0.462 e. The fraction of sp³-hybridized carbons (Fsp3) is 0.273. The summed E-state index contributed by atoms with van der Waals surface area (Å²) in [5.74, 6) is -0.959. The minimum Gasteiger partial charge on any atom is -0.462 e. The van der Waals surface area contributed by atoms with Crippen molar-refractivity contribution in [3.63, 3.8) is 0 Å². The number of carbonyl (C=O) groups is 2. The van der Waals surface area contributed by atoms with Crippen LogP contribution in [0.15, 0.2) is 53.4 Å². The van der Waals surface area contributed by atoms with Crippen LogP contribution >= 0.6 is 11.3 Å². The Bertz CT molecular complexity index is 1160. The Hall–Kier alpha value is -2.71. The summed E-state index contributed by atoms with van der Waals surface area (Å²) in [6.45, 7) is 3.84. The van der Waals surface area contributed by atoms with Gasteiger partial charge in [-0.05, 0) is 38.5 Å². The van der Waals surface area contributed by atoms with Crippen LogP contribution in [0.25, 0.3) is 10.1 Å². The molecular formula is C22H23NO5S2. The lowest BCUT2D eigenvalue weighted by Crippen LogP contribution is -2.16. The molecule has 2 aromatic carbocycles. The van der Waals surface area contributed by atoms with Crippen molar-refractivity contribution in [1.82, 2.24) is 0 Å². The van der Waals surface area contributed by atoms with E-state index in [9.17, 15) is 18.0 Å². The number of ether oxygens (including phenoxy) is 1. The molecule has 0 radical (unpaired) electrons. The number of esters is 1.